The van der Waals surface area contributed by atoms with Crippen molar-refractivity contribution in [3.63, 3.8) is 0 Å². The van der Waals surface area contributed by atoms with Crippen LogP contribution in [-0.2, 0) is 16.1 Å². The minimum atomic E-state index is -0.270. The van der Waals surface area contributed by atoms with Crippen molar-refractivity contribution < 1.29 is 9.53 Å². The van der Waals surface area contributed by atoms with Gasteiger partial charge >= 0.3 is 0 Å². The van der Waals surface area contributed by atoms with E-state index in [4.69, 9.17) is 27.9 Å². The summed E-state index contributed by atoms with van der Waals surface area (Å²) in [4.78, 5) is 19.2. The second kappa shape index (κ2) is 10.2. The highest BCUT2D eigenvalue weighted by Crippen LogP contribution is 2.25. The number of aromatic nitrogens is 3. The van der Waals surface area contributed by atoms with Crippen LogP contribution in [0.15, 0.2) is 48.7 Å². The predicted molar refractivity (Wildman–Crippen MR) is 127 cm³/mol. The summed E-state index contributed by atoms with van der Waals surface area (Å²) < 4.78 is 7.11. The molecular weight excluding hydrogens is 449 g/mol. The summed E-state index contributed by atoms with van der Waals surface area (Å²) in [6, 6.07) is 11.2. The van der Waals surface area contributed by atoms with Crippen molar-refractivity contribution in [2.45, 2.75) is 13.5 Å². The van der Waals surface area contributed by atoms with Gasteiger partial charge in [-0.15, -0.1) is 0 Å². The summed E-state index contributed by atoms with van der Waals surface area (Å²) >= 11 is 12.5. The van der Waals surface area contributed by atoms with E-state index >= 15 is 0 Å². The van der Waals surface area contributed by atoms with Gasteiger partial charge in [0.1, 0.15) is 5.15 Å². The number of benzene rings is 1. The molecule has 1 aromatic carbocycles. The van der Waals surface area contributed by atoms with Crippen molar-refractivity contribution in [2.75, 3.05) is 36.5 Å². The maximum Gasteiger partial charge on any atom is 0.248 e. The zero-order valence-corrected chi connectivity index (χ0v) is 19.1. The van der Waals surface area contributed by atoms with Crippen molar-refractivity contribution >= 4 is 46.7 Å². The number of carbonyl (C=O) groups is 1. The molecule has 0 bridgehead atoms. The Bertz CT molecular complexity index is 1120. The maximum absolute atomic E-state index is 12.6. The van der Waals surface area contributed by atoms with Gasteiger partial charge in [-0.25, -0.2) is 9.67 Å². The van der Waals surface area contributed by atoms with Crippen LogP contribution in [0.3, 0.4) is 0 Å². The van der Waals surface area contributed by atoms with Gasteiger partial charge in [-0.05, 0) is 42.8 Å². The normalized spacial score (nSPS) is 14.2. The van der Waals surface area contributed by atoms with Gasteiger partial charge in [-0.1, -0.05) is 35.3 Å². The Kier molecular flexibility index (Phi) is 7.09. The molecule has 0 saturated carbocycles. The fraction of sp³-hybridized carbons (Fsp3) is 0.261. The molecule has 1 aliphatic rings. The molecule has 0 radical (unpaired) electrons. The van der Waals surface area contributed by atoms with Crippen LogP contribution in [0.1, 0.15) is 16.8 Å². The third-order valence-electron chi connectivity index (χ3n) is 5.11. The van der Waals surface area contributed by atoms with E-state index in [1.165, 1.54) is 6.08 Å². The molecule has 7 nitrogen and oxygen atoms in total. The van der Waals surface area contributed by atoms with Crippen LogP contribution in [0.25, 0.3) is 6.08 Å². The number of anilines is 2. The standard InChI is InChI=1S/C23H23Cl2N5O2/c1-16-19(22(25)30(28-16)15-17-4-6-18(24)7-5-17)8-9-21(31)27-20-3-2-10-26-23(20)29-11-13-32-14-12-29/h2-10H,11-15H2,1H3,(H,27,31)/b9-8+. The summed E-state index contributed by atoms with van der Waals surface area (Å²) in [6.07, 6.45) is 4.86. The zero-order valence-electron chi connectivity index (χ0n) is 17.6. The lowest BCUT2D eigenvalue weighted by atomic mass is 10.2. The third kappa shape index (κ3) is 5.30. The Hall–Kier alpha value is -2.87. The lowest BCUT2D eigenvalue weighted by Gasteiger charge is -2.29. The van der Waals surface area contributed by atoms with E-state index < -0.39 is 0 Å². The Morgan fingerprint density at radius 2 is 1.94 bits per heavy atom. The van der Waals surface area contributed by atoms with Gasteiger partial charge < -0.3 is 15.0 Å². The van der Waals surface area contributed by atoms with E-state index in [1.54, 1.807) is 23.0 Å². The van der Waals surface area contributed by atoms with Gasteiger partial charge in [-0.2, -0.15) is 5.10 Å². The lowest BCUT2D eigenvalue weighted by molar-refractivity contribution is -0.111. The number of hydrogen-bond donors (Lipinski definition) is 1. The first-order valence-corrected chi connectivity index (χ1v) is 11.0. The van der Waals surface area contributed by atoms with Crippen molar-refractivity contribution in [1.82, 2.24) is 14.8 Å². The smallest absolute Gasteiger partial charge is 0.248 e. The van der Waals surface area contributed by atoms with Crippen molar-refractivity contribution in [3.05, 3.63) is 75.7 Å². The number of carbonyl (C=O) groups excluding carboxylic acids is 1. The minimum absolute atomic E-state index is 0.270. The number of ether oxygens (including phenoxy) is 1. The predicted octanol–water partition coefficient (Wildman–Crippen LogP) is 4.43. The van der Waals surface area contributed by atoms with Gasteiger partial charge in [-0.3, -0.25) is 4.79 Å². The first kappa shape index (κ1) is 22.3. The molecule has 32 heavy (non-hydrogen) atoms. The molecular formula is C23H23Cl2N5O2. The topological polar surface area (TPSA) is 72.3 Å². The molecule has 2 aromatic heterocycles. The fourth-order valence-corrected chi connectivity index (χ4v) is 3.90. The Morgan fingerprint density at radius 1 is 1.19 bits per heavy atom. The number of nitrogens with one attached hydrogen (secondary N) is 1. The van der Waals surface area contributed by atoms with Crippen LogP contribution in [-0.4, -0.2) is 47.0 Å². The zero-order chi connectivity index (χ0) is 22.5. The molecule has 166 valence electrons. The second-order valence-corrected chi connectivity index (χ2v) is 8.17. The molecule has 1 amide bonds. The molecule has 1 fully saturated rings. The van der Waals surface area contributed by atoms with E-state index in [-0.39, 0.29) is 5.91 Å². The molecule has 1 aliphatic heterocycles. The SMILES string of the molecule is Cc1nn(Cc2ccc(Cl)cc2)c(Cl)c1/C=C/C(=O)Nc1cccnc1N1CCOCC1. The van der Waals surface area contributed by atoms with E-state index in [0.717, 1.165) is 30.2 Å². The molecule has 3 heterocycles. The summed E-state index contributed by atoms with van der Waals surface area (Å²) in [5, 5.41) is 8.57. The summed E-state index contributed by atoms with van der Waals surface area (Å²) in [5.41, 5.74) is 3.13. The molecule has 4 rings (SSSR count). The number of nitrogens with zero attached hydrogens (tertiary/aromatic N) is 4. The van der Waals surface area contributed by atoms with Gasteiger partial charge in [0.05, 0.1) is 31.1 Å². The minimum Gasteiger partial charge on any atom is -0.378 e. The number of morpholine rings is 1. The number of pyridine rings is 1. The molecule has 0 aliphatic carbocycles. The molecule has 1 N–H and O–H groups in total. The lowest BCUT2D eigenvalue weighted by Crippen LogP contribution is -2.37. The number of aryl methyl sites for hydroxylation is 1. The number of amides is 1. The molecule has 9 heteroatoms. The van der Waals surface area contributed by atoms with Crippen LogP contribution in [0.4, 0.5) is 11.5 Å². The van der Waals surface area contributed by atoms with Crippen molar-refractivity contribution in [3.8, 4) is 0 Å². The van der Waals surface area contributed by atoms with Gasteiger partial charge in [0.15, 0.2) is 5.82 Å². The van der Waals surface area contributed by atoms with E-state index in [1.807, 2.05) is 37.3 Å². The first-order chi connectivity index (χ1) is 15.5. The second-order valence-electron chi connectivity index (χ2n) is 7.37. The summed E-state index contributed by atoms with van der Waals surface area (Å²) in [7, 11) is 0. The maximum atomic E-state index is 12.6. The largest absolute Gasteiger partial charge is 0.378 e. The Morgan fingerprint density at radius 3 is 2.69 bits per heavy atom. The highest BCUT2D eigenvalue weighted by molar-refractivity contribution is 6.31. The van der Waals surface area contributed by atoms with Crippen molar-refractivity contribution in [2.24, 2.45) is 0 Å². The number of halogens is 2. The first-order valence-electron chi connectivity index (χ1n) is 10.3. The van der Waals surface area contributed by atoms with Crippen LogP contribution >= 0.6 is 23.2 Å². The summed E-state index contributed by atoms with van der Waals surface area (Å²) in [6.45, 7) is 5.12. The van der Waals surface area contributed by atoms with Gasteiger partial charge in [0.2, 0.25) is 5.91 Å². The highest BCUT2D eigenvalue weighted by Gasteiger charge is 2.17. The molecule has 0 spiro atoms. The number of rotatable bonds is 6. The van der Waals surface area contributed by atoms with Crippen LogP contribution in [0.2, 0.25) is 10.2 Å². The quantitative estimate of drug-likeness (QED) is 0.538. The Balaban J connectivity index is 1.46. The number of hydrogen-bond acceptors (Lipinski definition) is 5. The average Bonchev–Trinajstić information content (AvgIpc) is 3.07. The molecule has 3 aromatic rings. The van der Waals surface area contributed by atoms with E-state index in [2.05, 4.69) is 20.3 Å². The highest BCUT2D eigenvalue weighted by atomic mass is 35.5. The van der Waals surface area contributed by atoms with Gasteiger partial charge in [0.25, 0.3) is 0 Å². The molecule has 0 atom stereocenters. The molecule has 0 unspecified atom stereocenters. The van der Waals surface area contributed by atoms with Crippen LogP contribution < -0.4 is 10.2 Å². The van der Waals surface area contributed by atoms with E-state index in [0.29, 0.717) is 41.2 Å². The Labute approximate surface area is 196 Å². The van der Waals surface area contributed by atoms with Crippen molar-refractivity contribution in [1.29, 1.82) is 0 Å². The van der Waals surface area contributed by atoms with E-state index in [9.17, 15) is 4.79 Å². The average molecular weight is 472 g/mol. The van der Waals surface area contributed by atoms with Gasteiger partial charge in [0, 0.05) is 35.9 Å². The third-order valence-corrected chi connectivity index (χ3v) is 5.76. The van der Waals surface area contributed by atoms with Crippen LogP contribution in [0.5, 0.6) is 0 Å². The summed E-state index contributed by atoms with van der Waals surface area (Å²) in [5.74, 6) is 0.468. The van der Waals surface area contributed by atoms with Crippen LogP contribution in [0, 0.1) is 6.92 Å². The fourth-order valence-electron chi connectivity index (χ4n) is 3.48. The monoisotopic (exact) mass is 471 g/mol. The molecule has 1 saturated heterocycles.